The van der Waals surface area contributed by atoms with Crippen molar-refractivity contribution in [3.05, 3.63) is 24.1 Å². The maximum Gasteiger partial charge on any atom is 0.317 e. The SMILES string of the molecule is N#Cc1nc(-c2ccco2)oc1N1CCN(C(=O)NC2C3CC4CC(C3)CC2C4)CC1. The van der Waals surface area contributed by atoms with Crippen molar-refractivity contribution in [2.24, 2.45) is 23.7 Å². The highest BCUT2D eigenvalue weighted by atomic mass is 16.4. The van der Waals surface area contributed by atoms with Crippen molar-refractivity contribution in [1.29, 1.82) is 5.26 Å². The van der Waals surface area contributed by atoms with Crippen molar-refractivity contribution < 1.29 is 13.6 Å². The molecule has 1 aliphatic heterocycles. The van der Waals surface area contributed by atoms with Crippen molar-refractivity contribution in [2.75, 3.05) is 31.1 Å². The zero-order chi connectivity index (χ0) is 20.9. The minimum atomic E-state index is 0.0616. The van der Waals surface area contributed by atoms with Crippen LogP contribution in [0.1, 0.15) is 37.8 Å². The summed E-state index contributed by atoms with van der Waals surface area (Å²) in [5.74, 6) is 4.41. The number of carbonyl (C=O) groups excluding carboxylic acids is 1. The van der Waals surface area contributed by atoms with Crippen LogP contribution < -0.4 is 10.2 Å². The van der Waals surface area contributed by atoms with Gasteiger partial charge >= 0.3 is 6.03 Å². The molecule has 8 heteroatoms. The quantitative estimate of drug-likeness (QED) is 0.815. The first-order valence-corrected chi connectivity index (χ1v) is 11.4. The van der Waals surface area contributed by atoms with Gasteiger partial charge in [-0.05, 0) is 67.9 Å². The molecule has 4 aliphatic carbocycles. The van der Waals surface area contributed by atoms with E-state index in [0.717, 1.165) is 11.8 Å². The van der Waals surface area contributed by atoms with E-state index in [1.165, 1.54) is 32.1 Å². The summed E-state index contributed by atoms with van der Waals surface area (Å²) in [7, 11) is 0. The Kier molecular flexibility index (Phi) is 4.44. The van der Waals surface area contributed by atoms with Crippen LogP contribution in [0.2, 0.25) is 0 Å². The molecule has 31 heavy (non-hydrogen) atoms. The van der Waals surface area contributed by atoms with Crippen molar-refractivity contribution in [3.8, 4) is 17.7 Å². The Hall–Kier alpha value is -2.95. The fourth-order valence-corrected chi connectivity index (χ4v) is 6.61. The van der Waals surface area contributed by atoms with Gasteiger partial charge in [0.2, 0.25) is 11.6 Å². The van der Waals surface area contributed by atoms with Gasteiger partial charge in [0, 0.05) is 32.2 Å². The van der Waals surface area contributed by atoms with Gasteiger partial charge in [-0.25, -0.2) is 4.79 Å². The van der Waals surface area contributed by atoms with Gasteiger partial charge in [-0.1, -0.05) is 0 Å². The average molecular weight is 422 g/mol. The minimum Gasteiger partial charge on any atom is -0.459 e. The second kappa shape index (κ2) is 7.33. The smallest absolute Gasteiger partial charge is 0.317 e. The molecule has 2 aromatic heterocycles. The number of oxazole rings is 1. The molecule has 4 bridgehead atoms. The van der Waals surface area contributed by atoms with Gasteiger partial charge in [0.05, 0.1) is 6.26 Å². The lowest BCUT2D eigenvalue weighted by Gasteiger charge is -2.54. The van der Waals surface area contributed by atoms with Crippen molar-refractivity contribution in [1.82, 2.24) is 15.2 Å². The Morgan fingerprint density at radius 2 is 1.81 bits per heavy atom. The summed E-state index contributed by atoms with van der Waals surface area (Å²) in [6.07, 6.45) is 8.16. The predicted octanol–water partition coefficient (Wildman–Crippen LogP) is 3.46. The summed E-state index contributed by atoms with van der Waals surface area (Å²) in [5, 5.41) is 12.9. The summed E-state index contributed by atoms with van der Waals surface area (Å²) < 4.78 is 11.2. The number of amides is 2. The molecule has 7 rings (SSSR count). The maximum absolute atomic E-state index is 13.0. The number of hydrogen-bond donors (Lipinski definition) is 1. The molecular weight excluding hydrogens is 394 g/mol. The van der Waals surface area contributed by atoms with Crippen LogP contribution in [0.3, 0.4) is 0 Å². The van der Waals surface area contributed by atoms with Crippen LogP contribution in [0, 0.1) is 35.0 Å². The van der Waals surface area contributed by atoms with E-state index in [1.807, 2.05) is 9.80 Å². The highest BCUT2D eigenvalue weighted by molar-refractivity contribution is 5.75. The summed E-state index contributed by atoms with van der Waals surface area (Å²) in [5.41, 5.74) is 0.248. The molecule has 2 amide bonds. The van der Waals surface area contributed by atoms with Crippen LogP contribution in [0.15, 0.2) is 27.2 Å². The number of piperazine rings is 1. The number of furan rings is 1. The molecule has 0 radical (unpaired) electrons. The van der Waals surface area contributed by atoms with E-state index in [-0.39, 0.29) is 11.7 Å². The van der Waals surface area contributed by atoms with Gasteiger partial charge in [-0.2, -0.15) is 10.2 Å². The molecule has 8 nitrogen and oxygen atoms in total. The topological polar surface area (TPSA) is 98.5 Å². The third kappa shape index (κ3) is 3.27. The summed E-state index contributed by atoms with van der Waals surface area (Å²) in [4.78, 5) is 21.2. The number of aromatic nitrogens is 1. The number of urea groups is 1. The van der Waals surface area contributed by atoms with Gasteiger partial charge in [0.25, 0.3) is 5.89 Å². The zero-order valence-electron chi connectivity index (χ0n) is 17.5. The molecule has 162 valence electrons. The van der Waals surface area contributed by atoms with E-state index in [0.29, 0.717) is 61.6 Å². The van der Waals surface area contributed by atoms with E-state index >= 15 is 0 Å². The van der Waals surface area contributed by atoms with Gasteiger partial charge < -0.3 is 24.0 Å². The number of anilines is 1. The number of hydrogen-bond acceptors (Lipinski definition) is 6. The van der Waals surface area contributed by atoms with E-state index < -0.39 is 0 Å². The summed E-state index contributed by atoms with van der Waals surface area (Å²) in [6.45, 7) is 2.41. The molecule has 3 heterocycles. The molecule has 0 atom stereocenters. The first-order chi connectivity index (χ1) is 15.2. The van der Waals surface area contributed by atoms with Crippen LogP contribution in [0.4, 0.5) is 10.7 Å². The number of nitriles is 1. The van der Waals surface area contributed by atoms with E-state index in [1.54, 1.807) is 18.4 Å². The van der Waals surface area contributed by atoms with Crippen LogP contribution in [0.5, 0.6) is 0 Å². The molecule has 0 unspecified atom stereocenters. The first-order valence-electron chi connectivity index (χ1n) is 11.4. The average Bonchev–Trinajstić information content (AvgIpc) is 3.45. The standard InChI is InChI=1S/C23H27N5O3/c24-13-18-22(31-21(25-18)19-2-1-7-30-19)27-3-5-28(6-4-27)23(29)26-20-16-9-14-8-15(11-16)12-17(20)10-14/h1-2,7,14-17,20H,3-6,8-12H2,(H,26,29). The Labute approximate surface area is 181 Å². The monoisotopic (exact) mass is 421 g/mol. The second-order valence-corrected chi connectivity index (χ2v) is 9.64. The molecule has 4 saturated carbocycles. The predicted molar refractivity (Wildman–Crippen MR) is 112 cm³/mol. The van der Waals surface area contributed by atoms with Crippen LogP contribution >= 0.6 is 0 Å². The van der Waals surface area contributed by atoms with Gasteiger partial charge in [-0.3, -0.25) is 0 Å². The summed E-state index contributed by atoms with van der Waals surface area (Å²) >= 11 is 0. The zero-order valence-corrected chi connectivity index (χ0v) is 17.5. The fraction of sp³-hybridized carbons (Fsp3) is 0.609. The molecule has 0 aromatic carbocycles. The second-order valence-electron chi connectivity index (χ2n) is 9.64. The van der Waals surface area contributed by atoms with E-state index in [4.69, 9.17) is 8.83 Å². The lowest BCUT2D eigenvalue weighted by Crippen LogP contribution is -2.60. The molecule has 5 aliphatic rings. The largest absolute Gasteiger partial charge is 0.459 e. The van der Waals surface area contributed by atoms with Crippen LogP contribution in [0.25, 0.3) is 11.7 Å². The third-order valence-corrected chi connectivity index (χ3v) is 7.82. The molecule has 5 fully saturated rings. The van der Waals surface area contributed by atoms with Crippen LogP contribution in [-0.2, 0) is 0 Å². The van der Waals surface area contributed by atoms with E-state index in [9.17, 15) is 10.1 Å². The minimum absolute atomic E-state index is 0.0616. The lowest BCUT2D eigenvalue weighted by atomic mass is 9.54. The Bertz CT molecular complexity index is 971. The molecule has 0 spiro atoms. The fourth-order valence-electron chi connectivity index (χ4n) is 6.61. The normalized spacial score (nSPS) is 31.6. The Balaban J connectivity index is 1.09. The summed E-state index contributed by atoms with van der Waals surface area (Å²) in [6, 6.07) is 6.04. The van der Waals surface area contributed by atoms with Crippen LogP contribution in [-0.4, -0.2) is 48.1 Å². The van der Waals surface area contributed by atoms with Crippen molar-refractivity contribution >= 4 is 11.9 Å². The Morgan fingerprint density at radius 1 is 1.10 bits per heavy atom. The maximum atomic E-state index is 13.0. The highest BCUT2D eigenvalue weighted by Crippen LogP contribution is 2.53. The van der Waals surface area contributed by atoms with Gasteiger partial charge in [-0.15, -0.1) is 0 Å². The number of rotatable bonds is 3. The molecular formula is C23H27N5O3. The van der Waals surface area contributed by atoms with Crippen molar-refractivity contribution in [3.63, 3.8) is 0 Å². The first kappa shape index (κ1) is 18.8. The molecule has 1 saturated heterocycles. The Morgan fingerprint density at radius 3 is 2.42 bits per heavy atom. The molecule has 2 aromatic rings. The van der Waals surface area contributed by atoms with Crippen molar-refractivity contribution in [2.45, 2.75) is 38.1 Å². The number of carbonyl (C=O) groups is 1. The number of nitrogens with one attached hydrogen (secondary N) is 1. The van der Waals surface area contributed by atoms with Gasteiger partial charge in [0.15, 0.2) is 5.76 Å². The third-order valence-electron chi connectivity index (χ3n) is 7.82. The van der Waals surface area contributed by atoms with E-state index in [2.05, 4.69) is 16.4 Å². The molecule has 1 N–H and O–H groups in total. The number of nitrogens with zero attached hydrogens (tertiary/aromatic N) is 4. The lowest BCUT2D eigenvalue weighted by molar-refractivity contribution is -0.0110. The van der Waals surface area contributed by atoms with Gasteiger partial charge in [0.1, 0.15) is 6.07 Å². The highest BCUT2D eigenvalue weighted by Gasteiger charge is 2.49.